The van der Waals surface area contributed by atoms with Gasteiger partial charge in [0.05, 0.1) is 6.26 Å². The lowest BCUT2D eigenvalue weighted by Crippen LogP contribution is -2.49. The average molecular weight is 498 g/mol. The van der Waals surface area contributed by atoms with Crippen LogP contribution >= 0.6 is 0 Å². The first-order valence-electron chi connectivity index (χ1n) is 12.7. The largest absolute Gasteiger partial charge is 0.467 e. The average Bonchev–Trinajstić information content (AvgIpc) is 3.67. The lowest BCUT2D eigenvalue weighted by Gasteiger charge is -2.32. The second kappa shape index (κ2) is 12.0. The molecule has 1 atom stereocenters. The normalized spacial score (nSPS) is 14.9. The minimum absolute atomic E-state index is 0.117. The Morgan fingerprint density at radius 2 is 1.94 bits per heavy atom. The Morgan fingerprint density at radius 1 is 1.17 bits per heavy atom. The minimum atomic E-state index is -0.889. The molecule has 1 saturated carbocycles. The molecule has 2 amide bonds. The standard InChI is InChI=1S/C25H35N7O4/c1-4-30(5-2)14-15-31(22(33)17-32-28-24(27-29-32)21-13-12-18(3)36-21)23(20-11-8-16-35-20)25(34)26-19-9-6-7-10-19/h8,11-13,16,19,23H,4-7,9-10,14-15,17H2,1-3H3,(H,26,34). The number of carbonyl (C=O) groups is 2. The van der Waals surface area contributed by atoms with E-state index in [4.69, 9.17) is 8.83 Å². The second-order valence-electron chi connectivity index (χ2n) is 9.08. The number of tetrazole rings is 1. The van der Waals surface area contributed by atoms with Crippen molar-refractivity contribution in [3.8, 4) is 11.6 Å². The molecule has 0 saturated heterocycles. The van der Waals surface area contributed by atoms with Crippen LogP contribution in [0, 0.1) is 6.92 Å². The summed E-state index contributed by atoms with van der Waals surface area (Å²) in [4.78, 5) is 32.2. The molecule has 11 heteroatoms. The number of nitrogens with one attached hydrogen (secondary N) is 1. The quantitative estimate of drug-likeness (QED) is 0.405. The lowest BCUT2D eigenvalue weighted by molar-refractivity contribution is -0.143. The van der Waals surface area contributed by atoms with Gasteiger partial charge in [-0.15, -0.1) is 10.2 Å². The fourth-order valence-electron chi connectivity index (χ4n) is 4.58. The maximum absolute atomic E-state index is 13.7. The zero-order chi connectivity index (χ0) is 25.5. The zero-order valence-corrected chi connectivity index (χ0v) is 21.2. The number of hydrogen-bond acceptors (Lipinski definition) is 8. The highest BCUT2D eigenvalue weighted by atomic mass is 16.3. The van der Waals surface area contributed by atoms with Gasteiger partial charge in [0.2, 0.25) is 11.7 Å². The van der Waals surface area contributed by atoms with Gasteiger partial charge in [-0.3, -0.25) is 9.59 Å². The molecule has 3 heterocycles. The molecule has 1 N–H and O–H groups in total. The number of likely N-dealkylation sites (N-methyl/N-ethyl adjacent to an activating group) is 1. The van der Waals surface area contributed by atoms with Crippen LogP contribution < -0.4 is 5.32 Å². The number of aromatic nitrogens is 4. The summed E-state index contributed by atoms with van der Waals surface area (Å²) >= 11 is 0. The van der Waals surface area contributed by atoms with E-state index < -0.39 is 6.04 Å². The van der Waals surface area contributed by atoms with Crippen molar-refractivity contribution in [3.05, 3.63) is 42.0 Å². The van der Waals surface area contributed by atoms with Gasteiger partial charge in [-0.1, -0.05) is 26.7 Å². The van der Waals surface area contributed by atoms with Crippen LogP contribution in [0.4, 0.5) is 0 Å². The minimum Gasteiger partial charge on any atom is -0.467 e. The molecule has 194 valence electrons. The highest BCUT2D eigenvalue weighted by Crippen LogP contribution is 2.25. The van der Waals surface area contributed by atoms with E-state index in [-0.39, 0.29) is 24.4 Å². The number of nitrogens with zero attached hydrogens (tertiary/aromatic N) is 6. The van der Waals surface area contributed by atoms with Crippen molar-refractivity contribution in [2.24, 2.45) is 0 Å². The molecule has 0 radical (unpaired) electrons. The van der Waals surface area contributed by atoms with Crippen LogP contribution in [0.1, 0.15) is 57.1 Å². The third-order valence-electron chi connectivity index (χ3n) is 6.64. The van der Waals surface area contributed by atoms with Crippen molar-refractivity contribution in [3.63, 3.8) is 0 Å². The van der Waals surface area contributed by atoms with Crippen molar-refractivity contribution in [2.75, 3.05) is 26.2 Å². The highest BCUT2D eigenvalue weighted by molar-refractivity contribution is 5.88. The van der Waals surface area contributed by atoms with Crippen LogP contribution in [0.25, 0.3) is 11.6 Å². The molecule has 36 heavy (non-hydrogen) atoms. The zero-order valence-electron chi connectivity index (χ0n) is 21.2. The molecule has 3 aromatic rings. The van der Waals surface area contributed by atoms with E-state index in [9.17, 15) is 9.59 Å². The van der Waals surface area contributed by atoms with Gasteiger partial charge in [-0.25, -0.2) is 0 Å². The van der Waals surface area contributed by atoms with Gasteiger partial charge in [0.15, 0.2) is 11.8 Å². The molecule has 1 fully saturated rings. The Kier molecular flexibility index (Phi) is 8.52. The Morgan fingerprint density at radius 3 is 2.58 bits per heavy atom. The van der Waals surface area contributed by atoms with E-state index >= 15 is 0 Å². The number of amides is 2. The number of hydrogen-bond donors (Lipinski definition) is 1. The van der Waals surface area contributed by atoms with Crippen LogP contribution in [0.2, 0.25) is 0 Å². The van der Waals surface area contributed by atoms with Crippen molar-refractivity contribution >= 4 is 11.8 Å². The van der Waals surface area contributed by atoms with Gasteiger partial charge in [-0.05, 0) is 62.3 Å². The van der Waals surface area contributed by atoms with Gasteiger partial charge >= 0.3 is 0 Å². The number of furan rings is 2. The lowest BCUT2D eigenvalue weighted by atomic mass is 10.1. The molecule has 1 aliphatic carbocycles. The maximum Gasteiger partial charge on any atom is 0.250 e. The third kappa shape index (κ3) is 6.20. The first-order valence-corrected chi connectivity index (χ1v) is 12.7. The van der Waals surface area contributed by atoms with Gasteiger partial charge < -0.3 is 24.0 Å². The van der Waals surface area contributed by atoms with Crippen LogP contribution in [-0.4, -0.2) is 74.0 Å². The molecular formula is C25H35N7O4. The van der Waals surface area contributed by atoms with Crippen LogP contribution in [0.3, 0.4) is 0 Å². The SMILES string of the molecule is CCN(CC)CCN(C(=O)Cn1nnc(-c2ccc(C)o2)n1)C(C(=O)NC1CCCC1)c1ccco1. The van der Waals surface area contributed by atoms with Crippen molar-refractivity contribution in [1.82, 2.24) is 35.3 Å². The summed E-state index contributed by atoms with van der Waals surface area (Å²) in [6, 6.07) is 6.27. The predicted molar refractivity (Wildman–Crippen MR) is 132 cm³/mol. The first-order chi connectivity index (χ1) is 17.5. The summed E-state index contributed by atoms with van der Waals surface area (Å²) in [5.74, 6) is 1.40. The van der Waals surface area contributed by atoms with E-state index in [0.717, 1.165) is 44.5 Å². The molecule has 0 spiro atoms. The van der Waals surface area contributed by atoms with Gasteiger partial charge in [-0.2, -0.15) is 4.80 Å². The smallest absolute Gasteiger partial charge is 0.250 e. The van der Waals surface area contributed by atoms with Gasteiger partial charge in [0.25, 0.3) is 5.91 Å². The van der Waals surface area contributed by atoms with Gasteiger partial charge in [0, 0.05) is 19.1 Å². The third-order valence-corrected chi connectivity index (χ3v) is 6.64. The Bertz CT molecular complexity index is 1110. The summed E-state index contributed by atoms with van der Waals surface area (Å²) in [6.07, 6.45) is 5.60. The van der Waals surface area contributed by atoms with Crippen LogP contribution in [0.15, 0.2) is 39.4 Å². The summed E-state index contributed by atoms with van der Waals surface area (Å²) < 4.78 is 11.2. The van der Waals surface area contributed by atoms with E-state index in [2.05, 4.69) is 39.5 Å². The van der Waals surface area contributed by atoms with E-state index in [0.29, 0.717) is 30.4 Å². The summed E-state index contributed by atoms with van der Waals surface area (Å²) in [5.41, 5.74) is 0. The Labute approximate surface area is 210 Å². The molecule has 3 aromatic heterocycles. The van der Waals surface area contributed by atoms with Crippen LogP contribution in [0.5, 0.6) is 0 Å². The monoisotopic (exact) mass is 497 g/mol. The number of carbonyl (C=O) groups excluding carboxylic acids is 2. The second-order valence-corrected chi connectivity index (χ2v) is 9.08. The van der Waals surface area contributed by atoms with Crippen molar-refractivity contribution in [1.29, 1.82) is 0 Å². The fraction of sp³-hybridized carbons (Fsp3) is 0.560. The highest BCUT2D eigenvalue weighted by Gasteiger charge is 2.35. The van der Waals surface area contributed by atoms with Crippen LogP contribution in [-0.2, 0) is 16.1 Å². The van der Waals surface area contributed by atoms with Crippen molar-refractivity contribution < 1.29 is 18.4 Å². The van der Waals surface area contributed by atoms with E-state index in [1.807, 2.05) is 13.0 Å². The fourth-order valence-corrected chi connectivity index (χ4v) is 4.58. The Balaban J connectivity index is 1.57. The molecule has 0 bridgehead atoms. The predicted octanol–water partition coefficient (Wildman–Crippen LogP) is 2.81. The summed E-state index contributed by atoms with van der Waals surface area (Å²) in [5, 5.41) is 15.5. The maximum atomic E-state index is 13.7. The summed E-state index contributed by atoms with van der Waals surface area (Å²) in [6.45, 7) is 8.46. The molecule has 4 rings (SSSR count). The number of aryl methyl sites for hydroxylation is 1. The van der Waals surface area contributed by atoms with E-state index in [1.165, 1.54) is 11.1 Å². The first kappa shape index (κ1) is 25.6. The molecule has 0 aromatic carbocycles. The Hall–Kier alpha value is -3.47. The van der Waals surface area contributed by atoms with E-state index in [1.54, 1.807) is 23.1 Å². The van der Waals surface area contributed by atoms with Gasteiger partial charge in [0.1, 0.15) is 18.1 Å². The number of rotatable bonds is 12. The molecule has 1 aliphatic rings. The topological polar surface area (TPSA) is 123 Å². The molecule has 0 aliphatic heterocycles. The molecule has 11 nitrogen and oxygen atoms in total. The van der Waals surface area contributed by atoms with Crippen molar-refractivity contribution in [2.45, 2.75) is 65.1 Å². The summed E-state index contributed by atoms with van der Waals surface area (Å²) in [7, 11) is 0. The molecule has 1 unspecified atom stereocenters. The molecular weight excluding hydrogens is 462 g/mol.